The molecule has 0 atom stereocenters. The molecule has 0 aliphatic carbocycles. The number of ether oxygens (including phenoxy) is 1. The van der Waals surface area contributed by atoms with Crippen LogP contribution in [0, 0.1) is 0 Å². The van der Waals surface area contributed by atoms with E-state index in [-0.39, 0.29) is 5.56 Å². The summed E-state index contributed by atoms with van der Waals surface area (Å²) in [6.45, 7) is 0.710. The fourth-order valence-corrected chi connectivity index (χ4v) is 3.20. The number of primary amides is 1. The van der Waals surface area contributed by atoms with Gasteiger partial charge in [0, 0.05) is 39.7 Å². The molecule has 0 saturated carbocycles. The number of halogens is 4. The standard InChI is InChI=1S/C17H14F3IN4O2/c1-27-13-7-12-9(8-25(24-12)5-4-21)6-11(13)10-2-3-14(17(18,19)20)23-15(10)16(22)26/h2-3,6-8H,4-5H2,1H3,(H2,22,26). The van der Waals surface area contributed by atoms with E-state index in [0.29, 0.717) is 23.4 Å². The number of pyridine rings is 1. The summed E-state index contributed by atoms with van der Waals surface area (Å²) >= 11 is 2.23. The molecule has 10 heteroatoms. The molecule has 3 rings (SSSR count). The van der Waals surface area contributed by atoms with E-state index >= 15 is 0 Å². The topological polar surface area (TPSA) is 83.0 Å². The van der Waals surface area contributed by atoms with Crippen molar-refractivity contribution in [2.75, 3.05) is 11.5 Å². The van der Waals surface area contributed by atoms with Crippen LogP contribution >= 0.6 is 22.6 Å². The number of nitrogens with zero attached hydrogens (tertiary/aromatic N) is 3. The summed E-state index contributed by atoms with van der Waals surface area (Å²) in [6, 6.07) is 5.35. The predicted molar refractivity (Wildman–Crippen MR) is 102 cm³/mol. The molecule has 2 heterocycles. The molecular weight excluding hydrogens is 476 g/mol. The van der Waals surface area contributed by atoms with Crippen molar-refractivity contribution in [3.63, 3.8) is 0 Å². The SMILES string of the molecule is COc1cc2nn(CCI)cc2cc1-c1ccc(C(F)(F)F)nc1C(N)=O. The first-order valence-electron chi connectivity index (χ1n) is 7.74. The second-order valence-corrected chi connectivity index (χ2v) is 6.73. The maximum absolute atomic E-state index is 12.9. The minimum atomic E-state index is -4.68. The summed E-state index contributed by atoms with van der Waals surface area (Å²) in [5.41, 5.74) is 4.87. The van der Waals surface area contributed by atoms with Gasteiger partial charge in [0.15, 0.2) is 0 Å². The van der Waals surface area contributed by atoms with E-state index in [1.165, 1.54) is 13.2 Å². The van der Waals surface area contributed by atoms with Crippen LogP contribution in [0.1, 0.15) is 16.2 Å². The monoisotopic (exact) mass is 490 g/mol. The number of amides is 1. The first-order chi connectivity index (χ1) is 12.7. The predicted octanol–water partition coefficient (Wildman–Crippen LogP) is 3.66. The van der Waals surface area contributed by atoms with Gasteiger partial charge in [0.05, 0.1) is 12.6 Å². The van der Waals surface area contributed by atoms with Crippen LogP contribution in [0.3, 0.4) is 0 Å². The number of rotatable bonds is 5. The fraction of sp³-hybridized carbons (Fsp3) is 0.235. The van der Waals surface area contributed by atoms with Crippen LogP contribution in [-0.4, -0.2) is 32.2 Å². The van der Waals surface area contributed by atoms with Crippen LogP contribution in [0.5, 0.6) is 5.75 Å². The van der Waals surface area contributed by atoms with Gasteiger partial charge in [-0.05, 0) is 18.2 Å². The zero-order valence-corrected chi connectivity index (χ0v) is 16.2. The van der Waals surface area contributed by atoms with Gasteiger partial charge >= 0.3 is 6.18 Å². The smallest absolute Gasteiger partial charge is 0.433 e. The van der Waals surface area contributed by atoms with Crippen molar-refractivity contribution in [3.05, 3.63) is 41.9 Å². The van der Waals surface area contributed by atoms with Crippen molar-refractivity contribution < 1.29 is 22.7 Å². The van der Waals surface area contributed by atoms with Gasteiger partial charge < -0.3 is 10.5 Å². The molecule has 27 heavy (non-hydrogen) atoms. The Morgan fingerprint density at radius 2 is 2.04 bits per heavy atom. The lowest BCUT2D eigenvalue weighted by molar-refractivity contribution is -0.141. The quantitative estimate of drug-likeness (QED) is 0.438. The third-order valence-electron chi connectivity index (χ3n) is 3.90. The summed E-state index contributed by atoms with van der Waals surface area (Å²) < 4.78 is 46.8. The molecule has 1 amide bonds. The number of carbonyl (C=O) groups excluding carboxylic acids is 1. The summed E-state index contributed by atoms with van der Waals surface area (Å²) in [5.74, 6) is -0.704. The molecule has 0 bridgehead atoms. The van der Waals surface area contributed by atoms with E-state index in [0.717, 1.165) is 15.9 Å². The van der Waals surface area contributed by atoms with Crippen molar-refractivity contribution >= 4 is 39.4 Å². The van der Waals surface area contributed by atoms with Gasteiger partial charge in [0.2, 0.25) is 0 Å². The molecule has 2 N–H and O–H groups in total. The fourth-order valence-electron chi connectivity index (χ4n) is 2.71. The first-order valence-corrected chi connectivity index (χ1v) is 9.26. The van der Waals surface area contributed by atoms with E-state index in [9.17, 15) is 18.0 Å². The highest BCUT2D eigenvalue weighted by Gasteiger charge is 2.34. The lowest BCUT2D eigenvalue weighted by atomic mass is 10.00. The molecule has 2 aromatic heterocycles. The molecule has 3 aromatic rings. The molecule has 0 aliphatic rings. The number of alkyl halides is 4. The van der Waals surface area contributed by atoms with Gasteiger partial charge in [-0.1, -0.05) is 22.6 Å². The highest BCUT2D eigenvalue weighted by atomic mass is 127. The summed E-state index contributed by atoms with van der Waals surface area (Å²) in [5, 5.41) is 5.18. The number of methoxy groups -OCH3 is 1. The molecule has 0 aliphatic heterocycles. The Morgan fingerprint density at radius 3 is 2.63 bits per heavy atom. The number of hydrogen-bond acceptors (Lipinski definition) is 4. The average molecular weight is 490 g/mol. The maximum atomic E-state index is 12.9. The maximum Gasteiger partial charge on any atom is 0.433 e. The Bertz CT molecular complexity index is 1020. The van der Waals surface area contributed by atoms with Crippen LogP contribution in [0.2, 0.25) is 0 Å². The highest BCUT2D eigenvalue weighted by molar-refractivity contribution is 14.1. The third-order valence-corrected chi connectivity index (χ3v) is 4.38. The summed E-state index contributed by atoms with van der Waals surface area (Å²) in [7, 11) is 1.42. The van der Waals surface area contributed by atoms with Crippen LogP contribution < -0.4 is 10.5 Å². The molecular formula is C17H14F3IN4O2. The number of hydrogen-bond donors (Lipinski definition) is 1. The number of nitrogens with two attached hydrogens (primary N) is 1. The summed E-state index contributed by atoms with van der Waals surface area (Å²) in [4.78, 5) is 15.2. The molecule has 142 valence electrons. The van der Waals surface area contributed by atoms with E-state index in [1.54, 1.807) is 16.8 Å². The zero-order valence-electron chi connectivity index (χ0n) is 14.0. The van der Waals surface area contributed by atoms with Gasteiger partial charge in [-0.2, -0.15) is 18.3 Å². The molecule has 1 aromatic carbocycles. The van der Waals surface area contributed by atoms with Gasteiger partial charge in [-0.25, -0.2) is 4.98 Å². The van der Waals surface area contributed by atoms with Gasteiger partial charge in [-0.3, -0.25) is 9.48 Å². The molecule has 6 nitrogen and oxygen atoms in total. The van der Waals surface area contributed by atoms with Crippen LogP contribution in [0.25, 0.3) is 22.0 Å². The lowest BCUT2D eigenvalue weighted by Crippen LogP contribution is -2.18. The van der Waals surface area contributed by atoms with Gasteiger partial charge in [0.25, 0.3) is 5.91 Å². The van der Waals surface area contributed by atoms with E-state index < -0.39 is 23.5 Å². The normalized spacial score (nSPS) is 11.7. The Morgan fingerprint density at radius 1 is 1.30 bits per heavy atom. The van der Waals surface area contributed by atoms with Gasteiger partial charge in [0.1, 0.15) is 17.1 Å². The lowest BCUT2D eigenvalue weighted by Gasteiger charge is -2.13. The van der Waals surface area contributed by atoms with E-state index in [1.807, 2.05) is 6.20 Å². The minimum absolute atomic E-state index is 0.163. The molecule has 0 spiro atoms. The zero-order chi connectivity index (χ0) is 19.8. The molecule has 0 unspecified atom stereocenters. The van der Waals surface area contributed by atoms with Crippen LogP contribution in [-0.2, 0) is 12.7 Å². The number of fused-ring (bicyclic) bond motifs is 1. The Labute approximate surface area is 165 Å². The molecule has 0 radical (unpaired) electrons. The number of carbonyl (C=O) groups is 1. The largest absolute Gasteiger partial charge is 0.496 e. The number of aromatic nitrogens is 3. The summed E-state index contributed by atoms with van der Waals surface area (Å²) in [6.07, 6.45) is -2.87. The second-order valence-electron chi connectivity index (χ2n) is 5.65. The minimum Gasteiger partial charge on any atom is -0.496 e. The Kier molecular flexibility index (Phi) is 5.27. The highest BCUT2D eigenvalue weighted by Crippen LogP contribution is 2.37. The van der Waals surface area contributed by atoms with Crippen molar-refractivity contribution in [3.8, 4) is 16.9 Å². The Balaban J connectivity index is 2.22. The van der Waals surface area contributed by atoms with Crippen LogP contribution in [0.15, 0.2) is 30.5 Å². The number of aryl methyl sites for hydroxylation is 1. The van der Waals surface area contributed by atoms with E-state index in [2.05, 4.69) is 32.7 Å². The average Bonchev–Trinajstić information content (AvgIpc) is 3.00. The van der Waals surface area contributed by atoms with Crippen molar-refractivity contribution in [1.82, 2.24) is 14.8 Å². The molecule has 0 saturated heterocycles. The second kappa shape index (κ2) is 7.33. The van der Waals surface area contributed by atoms with Crippen molar-refractivity contribution in [1.29, 1.82) is 0 Å². The third kappa shape index (κ3) is 3.84. The molecule has 0 fully saturated rings. The van der Waals surface area contributed by atoms with Crippen molar-refractivity contribution in [2.45, 2.75) is 12.7 Å². The first kappa shape index (κ1) is 19.4. The Hall–Kier alpha value is -2.37. The van der Waals surface area contributed by atoms with E-state index in [4.69, 9.17) is 10.5 Å². The van der Waals surface area contributed by atoms with Crippen molar-refractivity contribution in [2.24, 2.45) is 5.73 Å². The van der Waals surface area contributed by atoms with Gasteiger partial charge in [-0.15, -0.1) is 0 Å². The number of benzene rings is 1. The van der Waals surface area contributed by atoms with Crippen LogP contribution in [0.4, 0.5) is 13.2 Å².